The fraction of sp³-hybridized carbons (Fsp3) is 0.241. The van der Waals surface area contributed by atoms with Crippen molar-refractivity contribution in [2.75, 3.05) is 32.8 Å². The van der Waals surface area contributed by atoms with Gasteiger partial charge in [-0.2, -0.15) is 0 Å². The van der Waals surface area contributed by atoms with Gasteiger partial charge in [-0.25, -0.2) is 0 Å². The third-order valence-corrected chi connectivity index (χ3v) is 7.19. The average molecular weight is 466 g/mol. The molecule has 176 valence electrons. The van der Waals surface area contributed by atoms with Crippen molar-refractivity contribution >= 4 is 22.7 Å². The number of hydrogen-bond donors (Lipinski definition) is 0. The Hall–Kier alpha value is -3.90. The van der Waals surface area contributed by atoms with E-state index < -0.39 is 0 Å². The van der Waals surface area contributed by atoms with E-state index in [2.05, 4.69) is 35.9 Å². The van der Waals surface area contributed by atoms with Gasteiger partial charge in [-0.15, -0.1) is 0 Å². The van der Waals surface area contributed by atoms with Crippen LogP contribution in [0.25, 0.3) is 22.2 Å². The van der Waals surface area contributed by atoms with Crippen LogP contribution < -0.4 is 0 Å². The van der Waals surface area contributed by atoms with Gasteiger partial charge in [0, 0.05) is 42.2 Å². The largest absolute Gasteiger partial charge is 0.378 e. The van der Waals surface area contributed by atoms with Crippen molar-refractivity contribution in [2.45, 2.75) is 6.04 Å². The number of aryl methyl sites for hydroxylation is 1. The predicted molar refractivity (Wildman–Crippen MR) is 135 cm³/mol. The first-order chi connectivity index (χ1) is 17.1. The van der Waals surface area contributed by atoms with E-state index >= 15 is 0 Å². The molecule has 0 radical (unpaired) electrons. The molecule has 0 saturated carbocycles. The van der Waals surface area contributed by atoms with Crippen molar-refractivity contribution in [1.82, 2.24) is 14.4 Å². The molecule has 4 aromatic rings. The van der Waals surface area contributed by atoms with Gasteiger partial charge >= 0.3 is 0 Å². The molecule has 1 atom stereocenters. The maximum Gasteiger partial charge on any atom is 0.255 e. The molecular weight excluding hydrogens is 438 g/mol. The summed E-state index contributed by atoms with van der Waals surface area (Å²) in [5, 5.41) is 1.09. The smallest absolute Gasteiger partial charge is 0.255 e. The van der Waals surface area contributed by atoms with Crippen molar-refractivity contribution in [3.8, 4) is 11.3 Å². The highest BCUT2D eigenvalue weighted by Crippen LogP contribution is 2.46. The molecular formula is C29H27N3O3. The minimum Gasteiger partial charge on any atom is -0.378 e. The number of rotatable bonds is 4. The number of carbonyl (C=O) groups excluding carboxylic acids is 2. The molecule has 0 bridgehead atoms. The fourth-order valence-electron chi connectivity index (χ4n) is 5.55. The molecule has 3 heterocycles. The number of para-hydroxylation sites is 1. The van der Waals surface area contributed by atoms with Crippen LogP contribution in [0.2, 0.25) is 0 Å². The van der Waals surface area contributed by atoms with Gasteiger partial charge in [0.2, 0.25) is 5.91 Å². The van der Waals surface area contributed by atoms with E-state index in [9.17, 15) is 9.59 Å². The maximum atomic E-state index is 13.7. The van der Waals surface area contributed by atoms with Crippen LogP contribution in [0.3, 0.4) is 0 Å². The molecule has 1 saturated heterocycles. The zero-order valence-corrected chi connectivity index (χ0v) is 19.7. The minimum absolute atomic E-state index is 0.0373. The first-order valence-corrected chi connectivity index (χ1v) is 12.0. The summed E-state index contributed by atoms with van der Waals surface area (Å²) in [7, 11) is 2.07. The van der Waals surface area contributed by atoms with Crippen molar-refractivity contribution in [1.29, 1.82) is 0 Å². The van der Waals surface area contributed by atoms with Crippen LogP contribution in [0, 0.1) is 0 Å². The van der Waals surface area contributed by atoms with Crippen LogP contribution in [-0.4, -0.2) is 59.0 Å². The number of carbonyl (C=O) groups is 2. The molecule has 0 N–H and O–H groups in total. The Bertz CT molecular complexity index is 1420. The lowest BCUT2D eigenvalue weighted by atomic mass is 9.93. The molecule has 6 nitrogen and oxygen atoms in total. The van der Waals surface area contributed by atoms with E-state index in [0.717, 1.165) is 33.3 Å². The molecule has 1 fully saturated rings. The number of amides is 2. The summed E-state index contributed by atoms with van der Waals surface area (Å²) in [4.78, 5) is 30.6. The Morgan fingerprint density at radius 2 is 1.60 bits per heavy atom. The molecule has 0 aliphatic carbocycles. The van der Waals surface area contributed by atoms with E-state index in [1.54, 1.807) is 9.80 Å². The predicted octanol–water partition coefficient (Wildman–Crippen LogP) is 4.25. The third-order valence-electron chi connectivity index (χ3n) is 7.19. The first-order valence-electron chi connectivity index (χ1n) is 12.0. The Kier molecular flexibility index (Phi) is 5.38. The average Bonchev–Trinajstić information content (AvgIpc) is 3.35. The molecule has 6 heteroatoms. The van der Waals surface area contributed by atoms with E-state index in [0.29, 0.717) is 31.9 Å². The quantitative estimate of drug-likeness (QED) is 0.453. The lowest BCUT2D eigenvalue weighted by molar-refractivity contribution is -0.136. The second-order valence-corrected chi connectivity index (χ2v) is 9.12. The third kappa shape index (κ3) is 3.53. The van der Waals surface area contributed by atoms with Gasteiger partial charge < -0.3 is 19.1 Å². The van der Waals surface area contributed by atoms with Gasteiger partial charge in [0.15, 0.2) is 0 Å². The van der Waals surface area contributed by atoms with Crippen LogP contribution in [0.15, 0.2) is 78.9 Å². The highest BCUT2D eigenvalue weighted by Gasteiger charge is 2.42. The number of ether oxygens (including phenoxy) is 1. The van der Waals surface area contributed by atoms with E-state index in [-0.39, 0.29) is 24.4 Å². The number of aromatic nitrogens is 1. The summed E-state index contributed by atoms with van der Waals surface area (Å²) in [6.45, 7) is 2.22. The SMILES string of the molecule is Cn1c(-c2ccccc2)c([C@@H]2c3ccccc3C(=O)N2CC(=O)N2CCOCC2)c2ccccc21. The lowest BCUT2D eigenvalue weighted by Crippen LogP contribution is -2.46. The summed E-state index contributed by atoms with van der Waals surface area (Å²) in [5.74, 6) is -0.139. The zero-order valence-electron chi connectivity index (χ0n) is 19.7. The van der Waals surface area contributed by atoms with E-state index in [1.165, 1.54) is 0 Å². The Morgan fingerprint density at radius 1 is 0.914 bits per heavy atom. The monoisotopic (exact) mass is 465 g/mol. The Labute approximate surface area is 204 Å². The number of nitrogens with zero attached hydrogens (tertiary/aromatic N) is 3. The van der Waals surface area contributed by atoms with Crippen molar-refractivity contribution in [2.24, 2.45) is 7.05 Å². The summed E-state index contributed by atoms with van der Waals surface area (Å²) >= 11 is 0. The van der Waals surface area contributed by atoms with Crippen LogP contribution in [-0.2, 0) is 16.6 Å². The molecule has 3 aromatic carbocycles. The molecule has 6 rings (SSSR count). The number of morpholine rings is 1. The summed E-state index contributed by atoms with van der Waals surface area (Å²) in [6, 6.07) is 26.0. The van der Waals surface area contributed by atoms with Gasteiger partial charge in [0.05, 0.1) is 24.9 Å². The minimum atomic E-state index is -0.356. The second-order valence-electron chi connectivity index (χ2n) is 9.12. The van der Waals surface area contributed by atoms with Crippen LogP contribution >= 0.6 is 0 Å². The van der Waals surface area contributed by atoms with Crippen LogP contribution in [0.4, 0.5) is 0 Å². The number of fused-ring (bicyclic) bond motifs is 2. The van der Waals surface area contributed by atoms with Crippen molar-refractivity contribution in [3.05, 3.63) is 95.6 Å². The van der Waals surface area contributed by atoms with Gasteiger partial charge in [0.1, 0.15) is 6.54 Å². The summed E-state index contributed by atoms with van der Waals surface area (Å²) < 4.78 is 7.62. The van der Waals surface area contributed by atoms with Crippen LogP contribution in [0.5, 0.6) is 0 Å². The molecule has 0 spiro atoms. The van der Waals surface area contributed by atoms with Crippen molar-refractivity contribution < 1.29 is 14.3 Å². The summed E-state index contributed by atoms with van der Waals surface area (Å²) in [5.41, 5.74) is 5.91. The highest BCUT2D eigenvalue weighted by atomic mass is 16.5. The van der Waals surface area contributed by atoms with Crippen LogP contribution in [0.1, 0.15) is 27.5 Å². The Morgan fingerprint density at radius 3 is 2.40 bits per heavy atom. The maximum absolute atomic E-state index is 13.7. The molecule has 2 amide bonds. The molecule has 0 unspecified atom stereocenters. The molecule has 1 aromatic heterocycles. The van der Waals surface area contributed by atoms with Gasteiger partial charge in [-0.3, -0.25) is 9.59 Å². The molecule has 2 aliphatic rings. The second kappa shape index (κ2) is 8.71. The molecule has 2 aliphatic heterocycles. The number of benzene rings is 3. The topological polar surface area (TPSA) is 54.8 Å². The van der Waals surface area contributed by atoms with E-state index in [1.807, 2.05) is 54.6 Å². The standard InChI is InChI=1S/C29H27N3O3/c1-30-24-14-8-7-13-23(24)26(27(30)20-9-3-2-4-10-20)28-21-11-5-6-12-22(21)29(34)32(28)19-25(33)31-15-17-35-18-16-31/h2-14,28H,15-19H2,1H3/t28-/m0/s1. The van der Waals surface area contributed by atoms with Crippen molar-refractivity contribution in [3.63, 3.8) is 0 Å². The van der Waals surface area contributed by atoms with Gasteiger partial charge in [-0.1, -0.05) is 66.7 Å². The van der Waals surface area contributed by atoms with Gasteiger partial charge in [0.25, 0.3) is 5.91 Å². The molecule has 35 heavy (non-hydrogen) atoms. The zero-order chi connectivity index (χ0) is 23.9. The normalized spacial score (nSPS) is 17.7. The Balaban J connectivity index is 1.54. The van der Waals surface area contributed by atoms with Gasteiger partial charge in [-0.05, 0) is 23.3 Å². The number of hydrogen-bond acceptors (Lipinski definition) is 3. The lowest BCUT2D eigenvalue weighted by Gasteiger charge is -2.31. The fourth-order valence-corrected chi connectivity index (χ4v) is 5.55. The van der Waals surface area contributed by atoms with E-state index in [4.69, 9.17) is 4.74 Å². The highest BCUT2D eigenvalue weighted by molar-refractivity contribution is 6.03. The first kappa shape index (κ1) is 21.6. The summed E-state index contributed by atoms with van der Waals surface area (Å²) in [6.07, 6.45) is 0.